The van der Waals surface area contributed by atoms with Crippen LogP contribution in [0.5, 0.6) is 5.75 Å². The SMILES string of the molecule is CNC(=O)c1ccc(NC(=O)CN2CCCc3cc(OC(F)(F)F)ccc32)cc1. The summed E-state index contributed by atoms with van der Waals surface area (Å²) in [5, 5.41) is 5.28. The molecule has 0 unspecified atom stereocenters. The number of hydrogen-bond acceptors (Lipinski definition) is 4. The number of carbonyl (C=O) groups is 2. The van der Waals surface area contributed by atoms with E-state index in [4.69, 9.17) is 0 Å². The van der Waals surface area contributed by atoms with Crippen LogP contribution < -0.4 is 20.3 Å². The minimum atomic E-state index is -4.74. The lowest BCUT2D eigenvalue weighted by Gasteiger charge is -2.31. The van der Waals surface area contributed by atoms with Gasteiger partial charge in [0.2, 0.25) is 5.91 Å². The highest BCUT2D eigenvalue weighted by molar-refractivity contribution is 5.96. The molecule has 0 aliphatic carbocycles. The fourth-order valence-corrected chi connectivity index (χ4v) is 3.24. The molecule has 3 rings (SSSR count). The lowest BCUT2D eigenvalue weighted by atomic mass is 10.0. The maximum atomic E-state index is 12.4. The lowest BCUT2D eigenvalue weighted by Crippen LogP contribution is -2.36. The molecule has 1 heterocycles. The second-order valence-electron chi connectivity index (χ2n) is 6.57. The van der Waals surface area contributed by atoms with Gasteiger partial charge in [0, 0.05) is 30.5 Å². The Labute approximate surface area is 165 Å². The van der Waals surface area contributed by atoms with E-state index >= 15 is 0 Å². The second-order valence-corrected chi connectivity index (χ2v) is 6.57. The number of aryl methyl sites for hydroxylation is 1. The molecule has 0 saturated carbocycles. The molecule has 2 N–H and O–H groups in total. The number of alkyl halides is 3. The first-order chi connectivity index (χ1) is 13.7. The van der Waals surface area contributed by atoms with Crippen LogP contribution in [0.2, 0.25) is 0 Å². The molecule has 9 heteroatoms. The molecule has 0 fully saturated rings. The van der Waals surface area contributed by atoms with Gasteiger partial charge in [-0.05, 0) is 60.9 Å². The third-order valence-electron chi connectivity index (χ3n) is 4.49. The van der Waals surface area contributed by atoms with Crippen molar-refractivity contribution in [3.63, 3.8) is 0 Å². The van der Waals surface area contributed by atoms with E-state index in [0.717, 1.165) is 12.1 Å². The van der Waals surface area contributed by atoms with Crippen LogP contribution >= 0.6 is 0 Å². The summed E-state index contributed by atoms with van der Waals surface area (Å²) in [6, 6.07) is 10.6. The van der Waals surface area contributed by atoms with Gasteiger partial charge in [-0.2, -0.15) is 0 Å². The van der Waals surface area contributed by atoms with E-state index in [1.807, 2.05) is 4.90 Å². The van der Waals surface area contributed by atoms with Crippen molar-refractivity contribution in [3.8, 4) is 5.75 Å². The Morgan fingerprint density at radius 3 is 2.52 bits per heavy atom. The number of amides is 2. The minimum Gasteiger partial charge on any atom is -0.406 e. The highest BCUT2D eigenvalue weighted by Crippen LogP contribution is 2.32. The number of hydrogen-bond donors (Lipinski definition) is 2. The number of rotatable bonds is 5. The third kappa shape index (κ3) is 5.40. The van der Waals surface area contributed by atoms with Gasteiger partial charge in [0.25, 0.3) is 5.91 Å². The number of anilines is 2. The van der Waals surface area contributed by atoms with Gasteiger partial charge in [-0.25, -0.2) is 0 Å². The monoisotopic (exact) mass is 407 g/mol. The summed E-state index contributed by atoms with van der Waals surface area (Å²) in [6.07, 6.45) is -3.41. The first-order valence-electron chi connectivity index (χ1n) is 9.01. The Hall–Kier alpha value is -3.23. The summed E-state index contributed by atoms with van der Waals surface area (Å²) in [5.41, 5.74) is 2.46. The van der Waals surface area contributed by atoms with E-state index in [1.165, 1.54) is 19.2 Å². The van der Waals surface area contributed by atoms with Gasteiger partial charge in [0.05, 0.1) is 6.54 Å². The number of nitrogens with one attached hydrogen (secondary N) is 2. The number of ether oxygens (including phenoxy) is 1. The highest BCUT2D eigenvalue weighted by Gasteiger charge is 2.31. The summed E-state index contributed by atoms with van der Waals surface area (Å²) in [4.78, 5) is 25.8. The first kappa shape index (κ1) is 20.5. The molecule has 0 saturated heterocycles. The molecule has 6 nitrogen and oxygen atoms in total. The van der Waals surface area contributed by atoms with E-state index in [1.54, 1.807) is 30.3 Å². The van der Waals surface area contributed by atoms with E-state index in [0.29, 0.717) is 29.8 Å². The number of halogens is 3. The predicted octanol–water partition coefficient (Wildman–Crippen LogP) is 3.34. The summed E-state index contributed by atoms with van der Waals surface area (Å²) in [7, 11) is 1.53. The second kappa shape index (κ2) is 8.42. The Morgan fingerprint density at radius 1 is 1.14 bits per heavy atom. The van der Waals surface area contributed by atoms with Gasteiger partial charge in [-0.15, -0.1) is 13.2 Å². The van der Waals surface area contributed by atoms with Gasteiger partial charge in [-0.1, -0.05) is 0 Å². The molecule has 2 aromatic carbocycles. The van der Waals surface area contributed by atoms with Gasteiger partial charge in [0.15, 0.2) is 0 Å². The van der Waals surface area contributed by atoms with Gasteiger partial charge in [0.1, 0.15) is 5.75 Å². The van der Waals surface area contributed by atoms with E-state index in [2.05, 4.69) is 15.4 Å². The quantitative estimate of drug-likeness (QED) is 0.798. The van der Waals surface area contributed by atoms with Crippen LogP contribution in [-0.2, 0) is 11.2 Å². The Balaban J connectivity index is 1.65. The van der Waals surface area contributed by atoms with E-state index in [-0.39, 0.29) is 24.1 Å². The maximum absolute atomic E-state index is 12.4. The molecule has 2 aromatic rings. The molecule has 0 bridgehead atoms. The van der Waals surface area contributed by atoms with E-state index in [9.17, 15) is 22.8 Å². The first-order valence-corrected chi connectivity index (χ1v) is 9.01. The molecule has 2 amide bonds. The van der Waals surface area contributed by atoms with Crippen LogP contribution in [-0.4, -0.2) is 38.3 Å². The predicted molar refractivity (Wildman–Crippen MR) is 102 cm³/mol. The zero-order chi connectivity index (χ0) is 21.0. The summed E-state index contributed by atoms with van der Waals surface area (Å²) in [6.45, 7) is 0.680. The van der Waals surface area contributed by atoms with Crippen molar-refractivity contribution in [2.24, 2.45) is 0 Å². The standard InChI is InChI=1S/C20H20F3N3O3/c1-24-19(28)13-4-6-15(7-5-13)25-18(27)12-26-10-2-3-14-11-16(8-9-17(14)26)29-20(21,22)23/h4-9,11H,2-3,10,12H2,1H3,(H,24,28)(H,25,27). The fraction of sp³-hybridized carbons (Fsp3) is 0.300. The van der Waals surface area contributed by atoms with Crippen molar-refractivity contribution in [2.45, 2.75) is 19.2 Å². The molecule has 0 atom stereocenters. The maximum Gasteiger partial charge on any atom is 0.573 e. The lowest BCUT2D eigenvalue weighted by molar-refractivity contribution is -0.274. The van der Waals surface area contributed by atoms with Crippen LogP contribution in [0.1, 0.15) is 22.3 Å². The van der Waals surface area contributed by atoms with Crippen molar-refractivity contribution in [1.29, 1.82) is 0 Å². The summed E-state index contributed by atoms with van der Waals surface area (Å²) in [5.74, 6) is -0.749. The van der Waals surface area contributed by atoms with E-state index < -0.39 is 6.36 Å². The average Bonchev–Trinajstić information content (AvgIpc) is 2.66. The molecule has 0 aromatic heterocycles. The van der Waals surface area contributed by atoms with Crippen molar-refractivity contribution < 1.29 is 27.5 Å². The molecular weight excluding hydrogens is 387 g/mol. The molecule has 154 valence electrons. The average molecular weight is 407 g/mol. The Bertz CT molecular complexity index is 898. The largest absolute Gasteiger partial charge is 0.573 e. The number of benzene rings is 2. The van der Waals surface area contributed by atoms with Crippen LogP contribution in [0.3, 0.4) is 0 Å². The van der Waals surface area contributed by atoms with Crippen molar-refractivity contribution >= 4 is 23.2 Å². The zero-order valence-corrected chi connectivity index (χ0v) is 15.7. The Morgan fingerprint density at radius 2 is 1.86 bits per heavy atom. The summed E-state index contributed by atoms with van der Waals surface area (Å²) < 4.78 is 41.2. The molecule has 29 heavy (non-hydrogen) atoms. The van der Waals surface area contributed by atoms with Gasteiger partial charge in [-0.3, -0.25) is 9.59 Å². The summed E-state index contributed by atoms with van der Waals surface area (Å²) >= 11 is 0. The molecular formula is C20H20F3N3O3. The van der Waals surface area contributed by atoms with Crippen LogP contribution in [0.4, 0.5) is 24.5 Å². The molecule has 1 aliphatic heterocycles. The highest BCUT2D eigenvalue weighted by atomic mass is 19.4. The minimum absolute atomic E-state index is 0.0592. The third-order valence-corrected chi connectivity index (χ3v) is 4.49. The molecule has 1 aliphatic rings. The normalized spacial score (nSPS) is 13.4. The Kier molecular flexibility index (Phi) is 5.95. The number of fused-ring (bicyclic) bond motifs is 1. The van der Waals surface area contributed by atoms with Gasteiger partial charge >= 0.3 is 6.36 Å². The zero-order valence-electron chi connectivity index (χ0n) is 15.7. The fourth-order valence-electron chi connectivity index (χ4n) is 3.24. The van der Waals surface area contributed by atoms with Crippen LogP contribution in [0.25, 0.3) is 0 Å². The number of carbonyl (C=O) groups excluding carboxylic acids is 2. The van der Waals surface area contributed by atoms with Crippen molar-refractivity contribution in [3.05, 3.63) is 53.6 Å². The topological polar surface area (TPSA) is 70.7 Å². The van der Waals surface area contributed by atoms with Crippen molar-refractivity contribution in [2.75, 3.05) is 30.4 Å². The van der Waals surface area contributed by atoms with Crippen molar-refractivity contribution in [1.82, 2.24) is 5.32 Å². The molecule has 0 radical (unpaired) electrons. The number of nitrogens with zero attached hydrogens (tertiary/aromatic N) is 1. The van der Waals surface area contributed by atoms with Crippen LogP contribution in [0, 0.1) is 0 Å². The smallest absolute Gasteiger partial charge is 0.406 e. The van der Waals surface area contributed by atoms with Gasteiger partial charge < -0.3 is 20.3 Å². The molecule has 0 spiro atoms. The van der Waals surface area contributed by atoms with Crippen LogP contribution in [0.15, 0.2) is 42.5 Å².